The van der Waals surface area contributed by atoms with Crippen LogP contribution in [0.2, 0.25) is 0 Å². The molecule has 1 aliphatic rings. The smallest absolute Gasteiger partial charge is 0.277 e. The average Bonchev–Trinajstić information content (AvgIpc) is 3.19. The minimum absolute atomic E-state index is 0.0760. The summed E-state index contributed by atoms with van der Waals surface area (Å²) in [5.41, 5.74) is 1.45. The summed E-state index contributed by atoms with van der Waals surface area (Å²) in [5, 5.41) is 2.91. The molecule has 0 bridgehead atoms. The third-order valence-electron chi connectivity index (χ3n) is 4.86. The Labute approximate surface area is 187 Å². The van der Waals surface area contributed by atoms with Gasteiger partial charge in [0.05, 0.1) is 39.8 Å². The largest absolute Gasteiger partial charge is 0.361 e. The van der Waals surface area contributed by atoms with Crippen molar-refractivity contribution in [1.29, 1.82) is 0 Å². The first-order valence-electron chi connectivity index (χ1n) is 9.62. The second-order valence-corrected chi connectivity index (χ2v) is 9.33. The van der Waals surface area contributed by atoms with Gasteiger partial charge in [0.2, 0.25) is 0 Å². The topological polar surface area (TPSA) is 88.7 Å². The molecule has 2 aromatic heterocycles. The molecular formula is C22H16F3N5O2S. The number of aliphatic imine (C=N–C) groups is 1. The van der Waals surface area contributed by atoms with Crippen molar-refractivity contribution in [2.24, 2.45) is 4.99 Å². The molecule has 168 valence electrons. The molecule has 1 N–H and O–H groups in total. The van der Waals surface area contributed by atoms with Crippen LogP contribution in [0.5, 0.6) is 0 Å². The number of sulfone groups is 1. The van der Waals surface area contributed by atoms with E-state index in [1.807, 2.05) is 0 Å². The first kappa shape index (κ1) is 22.4. The van der Waals surface area contributed by atoms with E-state index >= 15 is 0 Å². The van der Waals surface area contributed by atoms with Gasteiger partial charge in [-0.15, -0.1) is 4.98 Å². The van der Waals surface area contributed by atoms with Gasteiger partial charge in [-0.25, -0.2) is 26.6 Å². The summed E-state index contributed by atoms with van der Waals surface area (Å²) in [5.74, 6) is -0.523. The monoisotopic (exact) mass is 471 g/mol. The highest BCUT2D eigenvalue weighted by Crippen LogP contribution is 2.38. The number of halogens is 3. The van der Waals surface area contributed by atoms with Gasteiger partial charge < -0.3 is 10.2 Å². The van der Waals surface area contributed by atoms with Crippen LogP contribution in [0, 0.1) is 12.4 Å². The maximum atomic E-state index is 13.7. The third kappa shape index (κ3) is 4.85. The van der Waals surface area contributed by atoms with E-state index < -0.39 is 22.1 Å². The molecule has 0 radical (unpaired) electrons. The summed E-state index contributed by atoms with van der Waals surface area (Å²) in [6, 6.07) is 9.73. The zero-order chi connectivity index (χ0) is 23.8. The van der Waals surface area contributed by atoms with Gasteiger partial charge in [0, 0.05) is 12.7 Å². The molecule has 3 aromatic rings. The van der Waals surface area contributed by atoms with Gasteiger partial charge in [0.25, 0.3) is 12.2 Å². The van der Waals surface area contributed by atoms with E-state index in [9.17, 15) is 21.6 Å². The second kappa shape index (κ2) is 8.63. The molecule has 4 rings (SSSR count). The maximum absolute atomic E-state index is 13.7. The standard InChI is InChI=1S/C22H16F3N5O2S/c1-26-20-5-3-4-13(28-20)9-14-10-16(21-17(27-14)11-18(30-21)22(24)25)29-15-7-6-12(23)8-19(15)33(2,31)32/h3-8,10,22H,9,11H2,2H3,(H,27,29). The Kier molecular flexibility index (Phi) is 5.86. The van der Waals surface area contributed by atoms with Crippen molar-refractivity contribution in [2.45, 2.75) is 24.2 Å². The van der Waals surface area contributed by atoms with Gasteiger partial charge in [-0.05, 0) is 36.4 Å². The van der Waals surface area contributed by atoms with E-state index in [1.165, 1.54) is 6.07 Å². The van der Waals surface area contributed by atoms with Crippen molar-refractivity contribution in [3.8, 4) is 0 Å². The number of fused-ring (bicyclic) bond motifs is 1. The van der Waals surface area contributed by atoms with Gasteiger partial charge in [-0.2, -0.15) is 0 Å². The lowest BCUT2D eigenvalue weighted by Gasteiger charge is -2.14. The van der Waals surface area contributed by atoms with Crippen molar-refractivity contribution < 1.29 is 21.6 Å². The summed E-state index contributed by atoms with van der Waals surface area (Å²) in [4.78, 5) is 15.7. The number of anilines is 2. The highest BCUT2D eigenvalue weighted by molar-refractivity contribution is 7.90. The molecule has 7 nitrogen and oxygen atoms in total. The summed E-state index contributed by atoms with van der Waals surface area (Å²) in [6.07, 6.45) is -1.78. The van der Waals surface area contributed by atoms with Crippen molar-refractivity contribution in [3.63, 3.8) is 0 Å². The number of alkyl halides is 2. The fraction of sp³-hybridized carbons (Fsp3) is 0.182. The fourth-order valence-electron chi connectivity index (χ4n) is 3.43. The summed E-state index contributed by atoms with van der Waals surface area (Å²) >= 11 is 0. The highest BCUT2D eigenvalue weighted by Gasteiger charge is 2.27. The van der Waals surface area contributed by atoms with E-state index in [-0.39, 0.29) is 46.3 Å². The Morgan fingerprint density at radius 3 is 2.61 bits per heavy atom. The number of aromatic nitrogens is 2. The second-order valence-electron chi connectivity index (χ2n) is 7.35. The van der Waals surface area contributed by atoms with Crippen LogP contribution < -0.4 is 5.32 Å². The quantitative estimate of drug-likeness (QED) is 0.522. The van der Waals surface area contributed by atoms with Crippen LogP contribution in [0.1, 0.15) is 17.1 Å². The molecule has 0 amide bonds. The van der Waals surface area contributed by atoms with Crippen molar-refractivity contribution in [1.82, 2.24) is 9.97 Å². The Balaban J connectivity index is 1.79. The first-order valence-corrected chi connectivity index (χ1v) is 11.5. The Morgan fingerprint density at radius 2 is 1.91 bits per heavy atom. The lowest BCUT2D eigenvalue weighted by Crippen LogP contribution is -2.10. The third-order valence-corrected chi connectivity index (χ3v) is 5.99. The number of benzene rings is 1. The molecule has 0 aliphatic carbocycles. The number of hydrogen-bond acceptors (Lipinski definition) is 6. The number of hydrogen-bond donors (Lipinski definition) is 1. The Morgan fingerprint density at radius 1 is 1.12 bits per heavy atom. The lowest BCUT2D eigenvalue weighted by atomic mass is 10.1. The minimum atomic E-state index is -3.79. The van der Waals surface area contributed by atoms with E-state index in [2.05, 4.69) is 25.1 Å². The van der Waals surface area contributed by atoms with Gasteiger partial charge in [-0.1, -0.05) is 12.6 Å². The summed E-state index contributed by atoms with van der Waals surface area (Å²) < 4.78 is 64.7. The Hall–Kier alpha value is -3.78. The van der Waals surface area contributed by atoms with Crippen LogP contribution in [-0.4, -0.2) is 36.8 Å². The van der Waals surface area contributed by atoms with E-state index in [0.717, 1.165) is 18.4 Å². The molecule has 1 aromatic carbocycles. The zero-order valence-corrected chi connectivity index (χ0v) is 18.0. The molecule has 1 aliphatic heterocycles. The normalized spacial score (nSPS) is 12.9. The lowest BCUT2D eigenvalue weighted by molar-refractivity contribution is 0.224. The number of nitrogens with zero attached hydrogens (tertiary/aromatic N) is 4. The average molecular weight is 471 g/mol. The molecular weight excluding hydrogens is 455 g/mol. The first-order chi connectivity index (χ1) is 15.6. The molecule has 3 heterocycles. The van der Waals surface area contributed by atoms with Gasteiger partial charge in [-0.3, -0.25) is 4.98 Å². The molecule has 0 unspecified atom stereocenters. The van der Waals surface area contributed by atoms with Gasteiger partial charge in [0.15, 0.2) is 9.84 Å². The number of nitrogens with one attached hydrogen (secondary N) is 1. The van der Waals surface area contributed by atoms with Crippen molar-refractivity contribution in [2.75, 3.05) is 11.6 Å². The van der Waals surface area contributed by atoms with Crippen LogP contribution in [0.4, 0.5) is 36.1 Å². The number of pyridine rings is 2. The molecule has 0 saturated heterocycles. The zero-order valence-electron chi connectivity index (χ0n) is 17.2. The molecule has 11 heteroatoms. The number of rotatable bonds is 6. The van der Waals surface area contributed by atoms with E-state index in [4.69, 9.17) is 6.57 Å². The van der Waals surface area contributed by atoms with E-state index in [0.29, 0.717) is 17.1 Å². The minimum Gasteiger partial charge on any atom is -0.361 e. The van der Waals surface area contributed by atoms with Gasteiger partial charge in [0.1, 0.15) is 17.2 Å². The van der Waals surface area contributed by atoms with Crippen molar-refractivity contribution in [3.05, 3.63) is 76.8 Å². The molecule has 33 heavy (non-hydrogen) atoms. The van der Waals surface area contributed by atoms with Crippen LogP contribution in [0.25, 0.3) is 4.85 Å². The van der Waals surface area contributed by atoms with Gasteiger partial charge >= 0.3 is 0 Å². The molecule has 0 saturated carbocycles. The molecule has 0 spiro atoms. The predicted molar refractivity (Wildman–Crippen MR) is 117 cm³/mol. The van der Waals surface area contributed by atoms with Crippen LogP contribution in [0.15, 0.2) is 52.4 Å². The highest BCUT2D eigenvalue weighted by atomic mass is 32.2. The SMILES string of the molecule is [C-]#[N+]c1cccc(Cc2cc(Nc3ccc(F)cc3S(C)(=O)=O)c3c(n2)CC(C(F)F)=N3)n1. The van der Waals surface area contributed by atoms with Crippen LogP contribution in [0.3, 0.4) is 0 Å². The maximum Gasteiger partial charge on any atom is 0.277 e. The Bertz CT molecular complexity index is 1430. The summed E-state index contributed by atoms with van der Waals surface area (Å²) in [7, 11) is -3.79. The fourth-order valence-corrected chi connectivity index (χ4v) is 4.27. The summed E-state index contributed by atoms with van der Waals surface area (Å²) in [6.45, 7) is 7.10. The van der Waals surface area contributed by atoms with Crippen LogP contribution >= 0.6 is 0 Å². The van der Waals surface area contributed by atoms with Crippen LogP contribution in [-0.2, 0) is 22.7 Å². The predicted octanol–water partition coefficient (Wildman–Crippen LogP) is 4.80. The molecule has 0 atom stereocenters. The molecule has 0 fully saturated rings. The van der Waals surface area contributed by atoms with Crippen molar-refractivity contribution >= 4 is 38.4 Å². The van der Waals surface area contributed by atoms with E-state index in [1.54, 1.807) is 24.3 Å².